The quantitative estimate of drug-likeness (QED) is 0.537. The van der Waals surface area contributed by atoms with Crippen molar-refractivity contribution in [2.45, 2.75) is 70.2 Å². The molecule has 2 saturated heterocycles. The summed E-state index contributed by atoms with van der Waals surface area (Å²) < 4.78 is 5.46. The van der Waals surface area contributed by atoms with Crippen molar-refractivity contribution in [1.82, 2.24) is 10.3 Å². The van der Waals surface area contributed by atoms with Crippen LogP contribution in [-0.4, -0.2) is 34.7 Å². The average Bonchev–Trinajstić information content (AvgIpc) is 2.47. The SMILES string of the molecule is CC(C)(C)OC(=O)N1[C@@H]2CC[C@H]1CC(NN)C2. The third kappa shape index (κ3) is 2.72. The second kappa shape index (κ2) is 4.46. The zero-order valence-corrected chi connectivity index (χ0v) is 10.9. The molecule has 0 saturated carbocycles. The molecule has 2 heterocycles. The van der Waals surface area contributed by atoms with E-state index in [1.165, 1.54) is 0 Å². The number of hydrazine groups is 1. The zero-order valence-electron chi connectivity index (χ0n) is 10.9. The molecule has 5 heteroatoms. The molecule has 2 aliphatic rings. The van der Waals surface area contributed by atoms with E-state index in [1.54, 1.807) is 0 Å². The Morgan fingerprint density at radius 2 is 1.82 bits per heavy atom. The number of hydrogen-bond acceptors (Lipinski definition) is 4. The molecular weight excluding hydrogens is 218 g/mol. The van der Waals surface area contributed by atoms with Crippen LogP contribution >= 0.6 is 0 Å². The topological polar surface area (TPSA) is 67.6 Å². The maximum absolute atomic E-state index is 12.1. The summed E-state index contributed by atoms with van der Waals surface area (Å²) in [6, 6.07) is 0.931. The van der Waals surface area contributed by atoms with E-state index in [4.69, 9.17) is 10.6 Å². The number of piperidine rings is 1. The number of ether oxygens (including phenoxy) is 1. The lowest BCUT2D eigenvalue weighted by molar-refractivity contribution is 0.00473. The van der Waals surface area contributed by atoms with Crippen LogP contribution in [0.15, 0.2) is 0 Å². The van der Waals surface area contributed by atoms with Crippen molar-refractivity contribution in [3.8, 4) is 0 Å². The Kier molecular flexibility index (Phi) is 3.32. The van der Waals surface area contributed by atoms with Crippen LogP contribution in [0.5, 0.6) is 0 Å². The Morgan fingerprint density at radius 3 is 2.24 bits per heavy atom. The molecule has 0 aliphatic carbocycles. The summed E-state index contributed by atoms with van der Waals surface area (Å²) in [6.45, 7) is 5.71. The molecular formula is C12H23N3O2. The molecule has 0 aromatic heterocycles. The van der Waals surface area contributed by atoms with Gasteiger partial charge in [0.1, 0.15) is 5.60 Å². The number of nitrogens with one attached hydrogen (secondary N) is 1. The van der Waals surface area contributed by atoms with Gasteiger partial charge in [0.25, 0.3) is 0 Å². The monoisotopic (exact) mass is 241 g/mol. The summed E-state index contributed by atoms with van der Waals surface area (Å²) >= 11 is 0. The summed E-state index contributed by atoms with van der Waals surface area (Å²) in [4.78, 5) is 14.1. The lowest BCUT2D eigenvalue weighted by Gasteiger charge is -2.39. The lowest BCUT2D eigenvalue weighted by Crippen LogP contribution is -2.53. The number of nitrogens with zero attached hydrogens (tertiary/aromatic N) is 1. The summed E-state index contributed by atoms with van der Waals surface area (Å²) in [7, 11) is 0. The van der Waals surface area contributed by atoms with Crippen LogP contribution in [0.3, 0.4) is 0 Å². The Morgan fingerprint density at radius 1 is 1.29 bits per heavy atom. The molecule has 17 heavy (non-hydrogen) atoms. The van der Waals surface area contributed by atoms with Crippen molar-refractivity contribution in [2.24, 2.45) is 5.84 Å². The van der Waals surface area contributed by atoms with Crippen LogP contribution in [0.1, 0.15) is 46.5 Å². The molecule has 0 radical (unpaired) electrons. The van der Waals surface area contributed by atoms with Crippen molar-refractivity contribution in [3.05, 3.63) is 0 Å². The maximum Gasteiger partial charge on any atom is 0.410 e. The molecule has 0 aromatic carbocycles. The van der Waals surface area contributed by atoms with Gasteiger partial charge in [-0.15, -0.1) is 0 Å². The van der Waals surface area contributed by atoms with Gasteiger partial charge in [0.15, 0.2) is 0 Å². The fourth-order valence-corrected chi connectivity index (χ4v) is 2.93. The highest BCUT2D eigenvalue weighted by atomic mass is 16.6. The van der Waals surface area contributed by atoms with E-state index in [9.17, 15) is 4.79 Å². The number of carbonyl (C=O) groups is 1. The van der Waals surface area contributed by atoms with Crippen LogP contribution in [0, 0.1) is 0 Å². The van der Waals surface area contributed by atoms with E-state index in [0.717, 1.165) is 25.7 Å². The Balaban J connectivity index is 2.01. The Bertz CT molecular complexity index is 287. The van der Waals surface area contributed by atoms with E-state index in [0.29, 0.717) is 18.1 Å². The highest BCUT2D eigenvalue weighted by Crippen LogP contribution is 2.36. The summed E-state index contributed by atoms with van der Waals surface area (Å²) in [5, 5.41) is 0. The number of hydrogen-bond donors (Lipinski definition) is 2. The van der Waals surface area contributed by atoms with E-state index in [1.807, 2.05) is 25.7 Å². The first kappa shape index (κ1) is 12.6. The van der Waals surface area contributed by atoms with Gasteiger partial charge in [-0.3, -0.25) is 11.3 Å². The molecule has 3 atom stereocenters. The number of rotatable bonds is 1. The van der Waals surface area contributed by atoms with Gasteiger partial charge in [0, 0.05) is 18.1 Å². The highest BCUT2D eigenvalue weighted by molar-refractivity contribution is 5.69. The molecule has 1 unspecified atom stereocenters. The second-order valence-corrected chi connectivity index (χ2v) is 6.11. The highest BCUT2D eigenvalue weighted by Gasteiger charge is 2.44. The van der Waals surface area contributed by atoms with Crippen molar-refractivity contribution in [2.75, 3.05) is 0 Å². The third-order valence-electron chi connectivity index (χ3n) is 3.57. The first-order valence-corrected chi connectivity index (χ1v) is 6.38. The minimum absolute atomic E-state index is 0.166. The number of fused-ring (bicyclic) bond motifs is 2. The van der Waals surface area contributed by atoms with Crippen LogP contribution < -0.4 is 11.3 Å². The summed E-state index contributed by atoms with van der Waals surface area (Å²) in [5.74, 6) is 5.49. The third-order valence-corrected chi connectivity index (χ3v) is 3.57. The van der Waals surface area contributed by atoms with Crippen molar-refractivity contribution in [1.29, 1.82) is 0 Å². The van der Waals surface area contributed by atoms with Gasteiger partial charge in [-0.2, -0.15) is 0 Å². The smallest absolute Gasteiger partial charge is 0.410 e. The van der Waals surface area contributed by atoms with Crippen molar-refractivity contribution < 1.29 is 9.53 Å². The fraction of sp³-hybridized carbons (Fsp3) is 0.917. The van der Waals surface area contributed by atoms with Gasteiger partial charge >= 0.3 is 6.09 Å². The van der Waals surface area contributed by atoms with Gasteiger partial charge < -0.3 is 9.64 Å². The predicted molar refractivity (Wildman–Crippen MR) is 65.2 cm³/mol. The molecule has 5 nitrogen and oxygen atoms in total. The Hall–Kier alpha value is -0.810. The van der Waals surface area contributed by atoms with Crippen LogP contribution in [0.2, 0.25) is 0 Å². The van der Waals surface area contributed by atoms with Gasteiger partial charge in [0.05, 0.1) is 0 Å². The zero-order chi connectivity index (χ0) is 12.6. The predicted octanol–water partition coefficient (Wildman–Crippen LogP) is 1.38. The molecule has 2 aliphatic heterocycles. The molecule has 0 aromatic rings. The van der Waals surface area contributed by atoms with E-state index >= 15 is 0 Å². The standard InChI is InChI=1S/C12H23N3O2/c1-12(2,3)17-11(16)15-9-4-5-10(15)7-8(6-9)14-13/h8-10,14H,4-7,13H2,1-3H3/t8?,9-,10+. The van der Waals surface area contributed by atoms with Crippen LogP contribution in [0.25, 0.3) is 0 Å². The van der Waals surface area contributed by atoms with Gasteiger partial charge in [-0.25, -0.2) is 4.79 Å². The first-order valence-electron chi connectivity index (χ1n) is 6.38. The minimum Gasteiger partial charge on any atom is -0.444 e. The summed E-state index contributed by atoms with van der Waals surface area (Å²) in [5.41, 5.74) is 2.42. The molecule has 2 rings (SSSR count). The molecule has 2 fully saturated rings. The Labute approximate surface area is 103 Å². The van der Waals surface area contributed by atoms with E-state index < -0.39 is 5.60 Å². The minimum atomic E-state index is -0.417. The normalized spacial score (nSPS) is 32.7. The van der Waals surface area contributed by atoms with Gasteiger partial charge in [0.2, 0.25) is 0 Å². The van der Waals surface area contributed by atoms with Crippen molar-refractivity contribution in [3.63, 3.8) is 0 Å². The lowest BCUT2D eigenvalue weighted by atomic mass is 9.98. The van der Waals surface area contributed by atoms with E-state index in [-0.39, 0.29) is 6.09 Å². The van der Waals surface area contributed by atoms with E-state index in [2.05, 4.69) is 5.43 Å². The largest absolute Gasteiger partial charge is 0.444 e. The number of amides is 1. The molecule has 1 amide bonds. The average molecular weight is 241 g/mol. The molecule has 0 spiro atoms. The van der Waals surface area contributed by atoms with Gasteiger partial charge in [-0.1, -0.05) is 0 Å². The maximum atomic E-state index is 12.1. The fourth-order valence-electron chi connectivity index (χ4n) is 2.93. The van der Waals surface area contributed by atoms with Crippen molar-refractivity contribution >= 4 is 6.09 Å². The molecule has 2 bridgehead atoms. The van der Waals surface area contributed by atoms with Gasteiger partial charge in [-0.05, 0) is 46.5 Å². The summed E-state index contributed by atoms with van der Waals surface area (Å²) in [6.07, 6.45) is 3.85. The molecule has 98 valence electrons. The number of nitrogens with two attached hydrogens (primary N) is 1. The molecule has 3 N–H and O–H groups in total. The van der Waals surface area contributed by atoms with Crippen LogP contribution in [-0.2, 0) is 4.74 Å². The first-order chi connectivity index (χ1) is 7.90. The van der Waals surface area contributed by atoms with Crippen LogP contribution in [0.4, 0.5) is 4.79 Å². The second-order valence-electron chi connectivity index (χ2n) is 6.11. The number of carbonyl (C=O) groups excluding carboxylic acids is 1.